The molecule has 0 rings (SSSR count). The maximum Gasteiger partial charge on any atom is 1.00 e. The van der Waals surface area contributed by atoms with Gasteiger partial charge in [0.05, 0.1) is 0 Å². The van der Waals surface area contributed by atoms with Crippen LogP contribution in [-0.2, 0) is 0 Å². The number of halogens is 3. The monoisotopic (exact) mass is 140 g/mol. The van der Waals surface area contributed by atoms with Crippen molar-refractivity contribution in [1.82, 2.24) is 0 Å². The Labute approximate surface area is 50.1 Å². The molecule has 0 saturated carbocycles. The summed E-state index contributed by atoms with van der Waals surface area (Å²) in [5.41, 5.74) is 0. The van der Waals surface area contributed by atoms with E-state index in [1.165, 1.54) is 0 Å². The second-order valence-corrected chi connectivity index (χ2v) is 0. The fourth-order valence-electron chi connectivity index (χ4n) is 0. The van der Waals surface area contributed by atoms with Gasteiger partial charge in [-0.3, -0.25) is 0 Å². The van der Waals surface area contributed by atoms with Gasteiger partial charge >= 0.3 is 1.43 Å². The smallest absolute Gasteiger partial charge is 1.00 e. The molecule has 0 fully saturated rings. The molecular formula is H7Cl3Si. The van der Waals surface area contributed by atoms with E-state index >= 15 is 0 Å². The van der Waals surface area contributed by atoms with Gasteiger partial charge in [0.1, 0.15) is 0 Å². The predicted molar refractivity (Wildman–Crippen MR) is 26.9 cm³/mol. The summed E-state index contributed by atoms with van der Waals surface area (Å²) in [5, 5.41) is 0. The van der Waals surface area contributed by atoms with Crippen LogP contribution in [0.15, 0.2) is 0 Å². The first-order valence-electron chi connectivity index (χ1n) is 0. The van der Waals surface area contributed by atoms with Crippen molar-refractivity contribution in [2.45, 2.75) is 0 Å². The lowest BCUT2D eigenvalue weighted by Gasteiger charge is -1.00. The van der Waals surface area contributed by atoms with Gasteiger partial charge in [0.25, 0.3) is 0 Å². The molecular weight excluding hydrogens is 134 g/mol. The number of rotatable bonds is 0. The molecule has 0 unspecified atom stereocenters. The standard InChI is InChI=1S/3ClH.H4Si/h3*1H;1H4. The average molecular weight is 142 g/mol. The molecule has 4 heteroatoms. The molecule has 0 N–H and O–H groups in total. The third-order valence-corrected chi connectivity index (χ3v) is 0. The molecule has 0 nitrogen and oxygen atoms in total. The zero-order chi connectivity index (χ0) is 0. The minimum Gasteiger partial charge on any atom is -1.00 e. The lowest BCUT2D eigenvalue weighted by atomic mass is 28.1. The Kier molecular flexibility index (Phi) is 593. The molecule has 0 aliphatic carbocycles. The third-order valence-electron chi connectivity index (χ3n) is 0. The van der Waals surface area contributed by atoms with Crippen LogP contribution in [0.4, 0.5) is 0 Å². The van der Waals surface area contributed by atoms with Gasteiger partial charge in [-0.05, 0) is 11.0 Å². The predicted octanol–water partition coefficient (Wildman–Crippen LogP) is -3.49. The van der Waals surface area contributed by atoms with Gasteiger partial charge in [-0.15, -0.1) is 24.8 Å². The molecule has 0 aromatic carbocycles. The summed E-state index contributed by atoms with van der Waals surface area (Å²) in [6, 6.07) is 0. The SMILES string of the molecule is Cl.Cl.[Cl-].[H+].[SiH4]. The molecule has 4 heavy (non-hydrogen) atoms. The first kappa shape index (κ1) is 71.9. The normalized spacial score (nSPS) is 0. The lowest BCUT2D eigenvalue weighted by molar-refractivity contribution is -0.000000515. The Morgan fingerprint density at radius 3 is 1.00 bits per heavy atom. The fourth-order valence-corrected chi connectivity index (χ4v) is 0. The van der Waals surface area contributed by atoms with Gasteiger partial charge in [-0.2, -0.15) is 0 Å². The molecule has 0 aliphatic heterocycles. The van der Waals surface area contributed by atoms with Crippen molar-refractivity contribution in [2.24, 2.45) is 0 Å². The zero-order valence-corrected chi connectivity index (χ0v) is 3.58. The summed E-state index contributed by atoms with van der Waals surface area (Å²) in [6.07, 6.45) is 0. The van der Waals surface area contributed by atoms with Gasteiger partial charge < -0.3 is 12.4 Å². The summed E-state index contributed by atoms with van der Waals surface area (Å²) in [6.45, 7) is 0. The summed E-state index contributed by atoms with van der Waals surface area (Å²) >= 11 is 0. The summed E-state index contributed by atoms with van der Waals surface area (Å²) in [7, 11) is 0. The highest BCUT2D eigenvalue weighted by molar-refractivity contribution is 5.85. The number of hydrogen-bond donors (Lipinski definition) is 0. The molecule has 0 aromatic rings. The van der Waals surface area contributed by atoms with Crippen molar-refractivity contribution in [3.63, 3.8) is 0 Å². The minimum absolute atomic E-state index is 0. The Morgan fingerprint density at radius 2 is 1.00 bits per heavy atom. The molecule has 0 aromatic heterocycles. The van der Waals surface area contributed by atoms with Crippen molar-refractivity contribution in [2.75, 3.05) is 0 Å². The van der Waals surface area contributed by atoms with Crippen molar-refractivity contribution in [3.8, 4) is 0 Å². The largest absolute Gasteiger partial charge is 1.00 e. The van der Waals surface area contributed by atoms with Crippen molar-refractivity contribution >= 4 is 35.8 Å². The van der Waals surface area contributed by atoms with Crippen LogP contribution < -0.4 is 12.4 Å². The van der Waals surface area contributed by atoms with Crippen molar-refractivity contribution < 1.29 is 13.8 Å². The molecule has 0 bridgehead atoms. The number of hydrogen-bond acceptors (Lipinski definition) is 0. The average Bonchev–Trinajstić information content (AvgIpc) is 0. The lowest BCUT2D eigenvalue weighted by Crippen LogP contribution is -3.00. The van der Waals surface area contributed by atoms with Crippen molar-refractivity contribution in [3.05, 3.63) is 0 Å². The molecule has 0 heterocycles. The van der Waals surface area contributed by atoms with Crippen LogP contribution in [0.5, 0.6) is 0 Å². The molecule has 0 saturated heterocycles. The van der Waals surface area contributed by atoms with Crippen LogP contribution in [0.2, 0.25) is 0 Å². The highest BCUT2D eigenvalue weighted by Gasteiger charge is -0.0148. The quantitative estimate of drug-likeness (QED) is 0.307. The molecule has 0 atom stereocenters. The molecule has 32 valence electrons. The van der Waals surface area contributed by atoms with E-state index in [1.54, 1.807) is 0 Å². The second-order valence-electron chi connectivity index (χ2n) is 0. The molecule has 0 amide bonds. The van der Waals surface area contributed by atoms with E-state index in [1.807, 2.05) is 0 Å². The Balaban J connectivity index is 0. The van der Waals surface area contributed by atoms with Gasteiger partial charge in [-0.25, -0.2) is 0 Å². The van der Waals surface area contributed by atoms with Crippen LogP contribution in [0.3, 0.4) is 0 Å². The van der Waals surface area contributed by atoms with Crippen LogP contribution >= 0.6 is 24.8 Å². The van der Waals surface area contributed by atoms with Gasteiger partial charge in [0.2, 0.25) is 0 Å². The van der Waals surface area contributed by atoms with Crippen LogP contribution in [0.1, 0.15) is 1.43 Å². The van der Waals surface area contributed by atoms with Gasteiger partial charge in [0.15, 0.2) is 0 Å². The maximum absolute atomic E-state index is 0. The van der Waals surface area contributed by atoms with E-state index in [0.717, 1.165) is 0 Å². The first-order chi connectivity index (χ1) is 0. The summed E-state index contributed by atoms with van der Waals surface area (Å²) in [4.78, 5) is 0. The Morgan fingerprint density at radius 1 is 1.00 bits per heavy atom. The summed E-state index contributed by atoms with van der Waals surface area (Å²) < 4.78 is 0. The van der Waals surface area contributed by atoms with Crippen LogP contribution in [0.25, 0.3) is 0 Å². The van der Waals surface area contributed by atoms with E-state index in [4.69, 9.17) is 0 Å². The zero-order valence-electron chi connectivity index (χ0n) is 2.19. The Bertz CT molecular complexity index is 6.85. The van der Waals surface area contributed by atoms with Gasteiger partial charge in [0, 0.05) is 0 Å². The van der Waals surface area contributed by atoms with E-state index in [2.05, 4.69) is 0 Å². The topological polar surface area (TPSA) is 0 Å². The highest BCUT2D eigenvalue weighted by atomic mass is 35.5. The molecule has 0 aliphatic rings. The van der Waals surface area contributed by atoms with Gasteiger partial charge in [-0.1, -0.05) is 0 Å². The van der Waals surface area contributed by atoms with Crippen LogP contribution in [0, 0.1) is 0 Å². The molecule has 0 radical (unpaired) electrons. The summed E-state index contributed by atoms with van der Waals surface area (Å²) in [5.74, 6) is 0. The first-order valence-corrected chi connectivity index (χ1v) is 0. The van der Waals surface area contributed by atoms with E-state index in [0.29, 0.717) is 0 Å². The van der Waals surface area contributed by atoms with Crippen molar-refractivity contribution in [1.29, 1.82) is 0 Å². The highest BCUT2D eigenvalue weighted by Crippen LogP contribution is 0.691. The van der Waals surface area contributed by atoms with E-state index in [-0.39, 0.29) is 49.6 Å². The van der Waals surface area contributed by atoms with E-state index < -0.39 is 0 Å². The fraction of sp³-hybridized carbons (Fsp3) is 0. The van der Waals surface area contributed by atoms with Crippen LogP contribution in [-0.4, -0.2) is 11.0 Å². The Hall–Kier alpha value is 1.09. The third kappa shape index (κ3) is 11.4. The molecule has 0 spiro atoms. The minimum atomic E-state index is 0. The second kappa shape index (κ2) is 33.0. The van der Waals surface area contributed by atoms with E-state index in [9.17, 15) is 0 Å². The maximum atomic E-state index is 0.